The lowest BCUT2D eigenvalue weighted by Crippen LogP contribution is -2.48. The molecule has 0 aliphatic carbocycles. The van der Waals surface area contributed by atoms with Gasteiger partial charge in [-0.05, 0) is 73.9 Å². The molecule has 0 aliphatic heterocycles. The van der Waals surface area contributed by atoms with Crippen molar-refractivity contribution in [3.8, 4) is 5.75 Å². The van der Waals surface area contributed by atoms with Gasteiger partial charge in [-0.2, -0.15) is 11.3 Å². The van der Waals surface area contributed by atoms with E-state index < -0.39 is 10.9 Å². The summed E-state index contributed by atoms with van der Waals surface area (Å²) in [6, 6.07) is 9.36. The molecule has 7 heteroatoms. The van der Waals surface area contributed by atoms with Crippen LogP contribution in [0.5, 0.6) is 5.75 Å². The van der Waals surface area contributed by atoms with Gasteiger partial charge in [0.25, 0.3) is 10.9 Å². The van der Waals surface area contributed by atoms with Gasteiger partial charge in [0.15, 0.2) is 0 Å². The van der Waals surface area contributed by atoms with Crippen molar-refractivity contribution in [1.82, 2.24) is 4.90 Å². The minimum atomic E-state index is -0.453. The number of phenols is 1. The van der Waals surface area contributed by atoms with E-state index in [0.717, 1.165) is 18.4 Å². The van der Waals surface area contributed by atoms with E-state index >= 15 is 0 Å². The second-order valence-corrected chi connectivity index (χ2v) is 9.22. The van der Waals surface area contributed by atoms with Crippen LogP contribution in [-0.4, -0.2) is 49.3 Å². The van der Waals surface area contributed by atoms with Crippen molar-refractivity contribution in [2.75, 3.05) is 37.4 Å². The Balaban J connectivity index is 1.78. The molecule has 3 rings (SSSR count). The van der Waals surface area contributed by atoms with Crippen LogP contribution in [0.2, 0.25) is 0 Å². The summed E-state index contributed by atoms with van der Waals surface area (Å²) in [4.78, 5) is 29.0. The van der Waals surface area contributed by atoms with E-state index in [1.165, 1.54) is 5.56 Å². The first-order valence-corrected chi connectivity index (χ1v) is 11.7. The Morgan fingerprint density at radius 1 is 1.09 bits per heavy atom. The van der Waals surface area contributed by atoms with E-state index in [4.69, 9.17) is 0 Å². The van der Waals surface area contributed by atoms with Gasteiger partial charge in [0.05, 0.1) is 0 Å². The van der Waals surface area contributed by atoms with Gasteiger partial charge in [-0.15, -0.1) is 6.58 Å². The van der Waals surface area contributed by atoms with Crippen LogP contribution in [0.25, 0.3) is 0 Å². The van der Waals surface area contributed by atoms with Gasteiger partial charge in [-0.3, -0.25) is 9.59 Å². The fourth-order valence-electron chi connectivity index (χ4n) is 3.86. The quantitative estimate of drug-likeness (QED) is 0.324. The van der Waals surface area contributed by atoms with Crippen LogP contribution in [0.1, 0.15) is 18.1 Å². The zero-order valence-electron chi connectivity index (χ0n) is 18.9. The van der Waals surface area contributed by atoms with E-state index in [0.29, 0.717) is 24.5 Å². The summed E-state index contributed by atoms with van der Waals surface area (Å²) in [5.74, 6) is 0.236. The predicted molar refractivity (Wildman–Crippen MR) is 134 cm³/mol. The molecule has 2 N–H and O–H groups in total. The number of nitrogens with zero attached hydrogens (tertiary/aromatic N) is 2. The van der Waals surface area contributed by atoms with Crippen molar-refractivity contribution in [1.29, 1.82) is 0 Å². The molecule has 0 saturated carbocycles. The number of hydrogen-bond acceptors (Lipinski definition) is 7. The number of nitrogens with one attached hydrogen (secondary N) is 1. The minimum absolute atomic E-state index is 0.0267. The smallest absolute Gasteiger partial charge is 0.253 e. The van der Waals surface area contributed by atoms with Crippen LogP contribution >= 0.6 is 11.3 Å². The second-order valence-electron chi connectivity index (χ2n) is 8.44. The van der Waals surface area contributed by atoms with Gasteiger partial charge < -0.3 is 20.2 Å². The van der Waals surface area contributed by atoms with Crippen LogP contribution in [0.4, 0.5) is 11.4 Å². The van der Waals surface area contributed by atoms with Gasteiger partial charge >= 0.3 is 0 Å². The molecule has 0 amide bonds. The molecular formula is C25H31N3O3S. The molecule has 1 heterocycles. The number of anilines is 2. The number of aromatic hydroxyl groups is 1. The van der Waals surface area contributed by atoms with Crippen LogP contribution in [-0.2, 0) is 12.8 Å². The number of benzene rings is 1. The normalized spacial score (nSPS) is 13.2. The summed E-state index contributed by atoms with van der Waals surface area (Å²) >= 11 is 1.65. The molecule has 170 valence electrons. The first kappa shape index (κ1) is 23.8. The summed E-state index contributed by atoms with van der Waals surface area (Å²) < 4.78 is 0. The highest BCUT2D eigenvalue weighted by Gasteiger charge is 2.28. The monoisotopic (exact) mass is 453 g/mol. The Kier molecular flexibility index (Phi) is 7.88. The van der Waals surface area contributed by atoms with E-state index in [1.807, 2.05) is 43.4 Å². The number of thiophene rings is 1. The third-order valence-electron chi connectivity index (χ3n) is 5.63. The summed E-state index contributed by atoms with van der Waals surface area (Å²) in [7, 11) is 4.00. The molecule has 3 aromatic rings. The second kappa shape index (κ2) is 10.6. The molecular weight excluding hydrogens is 422 g/mol. The van der Waals surface area contributed by atoms with Crippen molar-refractivity contribution >= 4 is 22.7 Å². The first-order chi connectivity index (χ1) is 15.3. The van der Waals surface area contributed by atoms with Crippen LogP contribution in [0, 0.1) is 0 Å². The van der Waals surface area contributed by atoms with Gasteiger partial charge in [-0.1, -0.05) is 18.2 Å². The van der Waals surface area contributed by atoms with Gasteiger partial charge in [-0.25, -0.2) is 0 Å². The highest BCUT2D eigenvalue weighted by atomic mass is 32.1. The van der Waals surface area contributed by atoms with E-state index in [2.05, 4.69) is 28.2 Å². The molecule has 0 spiro atoms. The van der Waals surface area contributed by atoms with Gasteiger partial charge in [0.1, 0.15) is 17.1 Å². The minimum Gasteiger partial charge on any atom is -0.508 e. The molecule has 2 aromatic carbocycles. The standard InChI is InChI=1S/C25H31N3O3S/c1-5-11-28(15-20(27(3)4)14-18-6-8-21(29)9-7-18)23-22(24(30)25(23)31)26-17(2)13-19-10-12-32-16-19/h5-10,12,16-17,20,26,29H,1,11,13-15H2,2-4H3/t17-,20-/m1/s1. The Morgan fingerprint density at radius 2 is 1.81 bits per heavy atom. The number of likely N-dealkylation sites (N-methyl/N-ethyl adjacent to an activating group) is 1. The Hall–Kier alpha value is -2.90. The number of phenolic OH excluding ortho intramolecular Hbond substituents is 1. The molecule has 0 bridgehead atoms. The van der Waals surface area contributed by atoms with E-state index in [1.54, 1.807) is 29.5 Å². The molecule has 0 saturated heterocycles. The first-order valence-electron chi connectivity index (χ1n) is 10.7. The van der Waals surface area contributed by atoms with Crippen molar-refractivity contribution in [3.63, 3.8) is 0 Å². The average molecular weight is 454 g/mol. The lowest BCUT2D eigenvalue weighted by molar-refractivity contribution is 0.293. The van der Waals surface area contributed by atoms with E-state index in [9.17, 15) is 14.7 Å². The average Bonchev–Trinajstić information content (AvgIpc) is 3.26. The third kappa shape index (κ3) is 5.66. The maximum Gasteiger partial charge on any atom is 0.253 e. The molecule has 0 aliphatic rings. The largest absolute Gasteiger partial charge is 0.508 e. The van der Waals surface area contributed by atoms with Crippen molar-refractivity contribution in [2.24, 2.45) is 0 Å². The number of rotatable bonds is 12. The lowest BCUT2D eigenvalue weighted by Gasteiger charge is -2.34. The van der Waals surface area contributed by atoms with Gasteiger partial charge in [0, 0.05) is 25.2 Å². The predicted octanol–water partition coefficient (Wildman–Crippen LogP) is 3.26. The van der Waals surface area contributed by atoms with Crippen LogP contribution in [0.15, 0.2) is 63.3 Å². The molecule has 1 aromatic heterocycles. The highest BCUT2D eigenvalue weighted by molar-refractivity contribution is 7.07. The Morgan fingerprint density at radius 3 is 2.41 bits per heavy atom. The fourth-order valence-corrected chi connectivity index (χ4v) is 4.54. The molecule has 6 nitrogen and oxygen atoms in total. The lowest BCUT2D eigenvalue weighted by atomic mass is 10.0. The topological polar surface area (TPSA) is 72.9 Å². The number of hydrogen-bond donors (Lipinski definition) is 2. The summed E-state index contributed by atoms with van der Waals surface area (Å²) in [6.45, 7) is 6.90. The highest BCUT2D eigenvalue weighted by Crippen LogP contribution is 2.24. The molecule has 0 radical (unpaired) electrons. The van der Waals surface area contributed by atoms with E-state index in [-0.39, 0.29) is 17.8 Å². The molecule has 2 atom stereocenters. The summed E-state index contributed by atoms with van der Waals surface area (Å²) in [5.41, 5.74) is 2.25. The molecule has 32 heavy (non-hydrogen) atoms. The van der Waals surface area contributed by atoms with Crippen LogP contribution in [0.3, 0.4) is 0 Å². The van der Waals surface area contributed by atoms with Gasteiger partial charge in [0.2, 0.25) is 0 Å². The molecule has 0 fully saturated rings. The third-order valence-corrected chi connectivity index (χ3v) is 6.36. The SMILES string of the molecule is C=CCN(C[C@@H](Cc1ccc(O)cc1)N(C)C)c1c(N[C@H](C)Cc2ccsc2)c(=O)c1=O. The van der Waals surface area contributed by atoms with Crippen molar-refractivity contribution in [3.05, 3.63) is 85.3 Å². The van der Waals surface area contributed by atoms with Crippen LogP contribution < -0.4 is 21.1 Å². The fraction of sp³-hybridized carbons (Fsp3) is 0.360. The summed E-state index contributed by atoms with van der Waals surface area (Å²) in [6.07, 6.45) is 3.28. The zero-order valence-corrected chi connectivity index (χ0v) is 19.7. The maximum atomic E-state index is 12.6. The van der Waals surface area contributed by atoms with Crippen molar-refractivity contribution < 1.29 is 5.11 Å². The Labute approximate surface area is 193 Å². The summed E-state index contributed by atoms with van der Waals surface area (Å²) in [5, 5.41) is 17.0. The zero-order chi connectivity index (χ0) is 23.3. The Bertz CT molecular complexity index is 1080. The van der Waals surface area contributed by atoms with Crippen molar-refractivity contribution in [2.45, 2.75) is 31.8 Å². The maximum absolute atomic E-state index is 12.6. The molecule has 0 unspecified atom stereocenters.